The van der Waals surface area contributed by atoms with E-state index in [1.54, 1.807) is 0 Å². The van der Waals surface area contributed by atoms with Crippen molar-refractivity contribution in [1.82, 2.24) is 15.1 Å². The third kappa shape index (κ3) is 4.30. The molecule has 0 radical (unpaired) electrons. The van der Waals surface area contributed by atoms with Gasteiger partial charge in [-0.1, -0.05) is 24.3 Å². The number of nitrogens with one attached hydrogen (secondary N) is 1. The molecule has 3 nitrogen and oxygen atoms in total. The number of likely N-dealkylation sites (N-methyl/N-ethyl adjacent to an activating group) is 1. The van der Waals surface area contributed by atoms with Gasteiger partial charge in [-0.2, -0.15) is 0 Å². The molecule has 0 unspecified atom stereocenters. The molecule has 1 aliphatic carbocycles. The molecular weight excluding hydrogens is 246 g/mol. The second-order valence-electron chi connectivity index (χ2n) is 6.40. The molecule has 1 aromatic rings. The lowest BCUT2D eigenvalue weighted by atomic mass is 10.1. The molecular formula is C17H27N3. The van der Waals surface area contributed by atoms with Crippen LogP contribution in [0.25, 0.3) is 0 Å². The fraction of sp³-hybridized carbons (Fsp3) is 0.647. The minimum Gasteiger partial charge on any atom is -0.310 e. The van der Waals surface area contributed by atoms with Crippen LogP contribution in [0.15, 0.2) is 24.3 Å². The average Bonchev–Trinajstić information content (AvgIpc) is 3.28. The molecule has 1 saturated heterocycles. The minimum atomic E-state index is 0.795. The SMILES string of the molecule is CN1CCCN(Cc2ccc(CNC3CC3)cc2)CC1. The molecule has 3 rings (SSSR count). The lowest BCUT2D eigenvalue weighted by molar-refractivity contribution is 0.269. The van der Waals surface area contributed by atoms with Crippen LogP contribution in [0.4, 0.5) is 0 Å². The molecule has 1 N–H and O–H groups in total. The summed E-state index contributed by atoms with van der Waals surface area (Å²) in [6, 6.07) is 9.98. The van der Waals surface area contributed by atoms with E-state index in [0.717, 1.165) is 19.1 Å². The Morgan fingerprint density at radius 1 is 1.00 bits per heavy atom. The van der Waals surface area contributed by atoms with Crippen molar-refractivity contribution in [1.29, 1.82) is 0 Å². The summed E-state index contributed by atoms with van der Waals surface area (Å²) in [5.41, 5.74) is 2.86. The third-order valence-electron chi connectivity index (χ3n) is 4.41. The van der Waals surface area contributed by atoms with E-state index in [-0.39, 0.29) is 0 Å². The van der Waals surface area contributed by atoms with E-state index < -0.39 is 0 Å². The zero-order valence-electron chi connectivity index (χ0n) is 12.6. The molecule has 0 amide bonds. The molecule has 3 heteroatoms. The van der Waals surface area contributed by atoms with Crippen LogP contribution in [0.3, 0.4) is 0 Å². The highest BCUT2D eigenvalue weighted by molar-refractivity contribution is 5.22. The highest BCUT2D eigenvalue weighted by Crippen LogP contribution is 2.19. The smallest absolute Gasteiger partial charge is 0.0234 e. The van der Waals surface area contributed by atoms with Gasteiger partial charge in [0.15, 0.2) is 0 Å². The molecule has 2 aliphatic rings. The summed E-state index contributed by atoms with van der Waals surface area (Å²) in [5.74, 6) is 0. The topological polar surface area (TPSA) is 18.5 Å². The van der Waals surface area contributed by atoms with Gasteiger partial charge in [-0.3, -0.25) is 4.90 Å². The van der Waals surface area contributed by atoms with Gasteiger partial charge in [0, 0.05) is 32.2 Å². The number of rotatable bonds is 5. The Morgan fingerprint density at radius 2 is 1.75 bits per heavy atom. The van der Waals surface area contributed by atoms with Crippen LogP contribution in [-0.2, 0) is 13.1 Å². The van der Waals surface area contributed by atoms with Gasteiger partial charge < -0.3 is 10.2 Å². The van der Waals surface area contributed by atoms with Crippen molar-refractivity contribution in [3.05, 3.63) is 35.4 Å². The summed E-state index contributed by atoms with van der Waals surface area (Å²) in [5, 5.41) is 3.57. The quantitative estimate of drug-likeness (QED) is 0.886. The number of hydrogen-bond donors (Lipinski definition) is 1. The van der Waals surface area contributed by atoms with Crippen molar-refractivity contribution in [2.24, 2.45) is 0 Å². The normalized spacial score (nSPS) is 21.9. The number of hydrogen-bond acceptors (Lipinski definition) is 3. The molecule has 0 spiro atoms. The van der Waals surface area contributed by atoms with Crippen molar-refractivity contribution in [3.63, 3.8) is 0 Å². The summed E-state index contributed by atoms with van der Waals surface area (Å²) in [6.07, 6.45) is 4.02. The van der Waals surface area contributed by atoms with Crippen molar-refractivity contribution in [3.8, 4) is 0 Å². The molecule has 0 bridgehead atoms. The van der Waals surface area contributed by atoms with Crippen LogP contribution in [0, 0.1) is 0 Å². The van der Waals surface area contributed by atoms with Crippen LogP contribution in [-0.4, -0.2) is 49.1 Å². The summed E-state index contributed by atoms with van der Waals surface area (Å²) in [6.45, 7) is 6.99. The molecule has 1 heterocycles. The second kappa shape index (κ2) is 6.70. The van der Waals surface area contributed by atoms with Gasteiger partial charge in [0.05, 0.1) is 0 Å². The largest absolute Gasteiger partial charge is 0.310 e. The van der Waals surface area contributed by atoms with Crippen molar-refractivity contribution in [2.75, 3.05) is 33.2 Å². The second-order valence-corrected chi connectivity index (χ2v) is 6.40. The zero-order valence-corrected chi connectivity index (χ0v) is 12.6. The molecule has 110 valence electrons. The zero-order chi connectivity index (χ0) is 13.8. The van der Waals surface area contributed by atoms with Crippen LogP contribution in [0.5, 0.6) is 0 Å². The van der Waals surface area contributed by atoms with Crippen molar-refractivity contribution < 1.29 is 0 Å². The maximum Gasteiger partial charge on any atom is 0.0234 e. The van der Waals surface area contributed by atoms with E-state index in [1.165, 1.54) is 56.6 Å². The van der Waals surface area contributed by atoms with Gasteiger partial charge in [-0.25, -0.2) is 0 Å². The van der Waals surface area contributed by atoms with Gasteiger partial charge in [-0.05, 0) is 50.5 Å². The summed E-state index contributed by atoms with van der Waals surface area (Å²) >= 11 is 0. The Kier molecular flexibility index (Phi) is 4.71. The Morgan fingerprint density at radius 3 is 2.50 bits per heavy atom. The predicted octanol–water partition coefficient (Wildman–Crippen LogP) is 2.08. The Hall–Kier alpha value is -0.900. The summed E-state index contributed by atoms with van der Waals surface area (Å²) in [7, 11) is 2.23. The number of benzene rings is 1. The van der Waals surface area contributed by atoms with E-state index in [2.05, 4.69) is 46.4 Å². The standard InChI is InChI=1S/C17H27N3/c1-19-9-2-10-20(12-11-19)14-16-5-3-15(4-6-16)13-18-17-7-8-17/h3-6,17-18H,2,7-14H2,1H3. The molecule has 1 saturated carbocycles. The molecule has 1 aliphatic heterocycles. The molecule has 2 fully saturated rings. The van der Waals surface area contributed by atoms with E-state index in [9.17, 15) is 0 Å². The highest BCUT2D eigenvalue weighted by Gasteiger charge is 2.19. The average molecular weight is 273 g/mol. The monoisotopic (exact) mass is 273 g/mol. The van der Waals surface area contributed by atoms with Gasteiger partial charge in [0.1, 0.15) is 0 Å². The van der Waals surface area contributed by atoms with Crippen LogP contribution >= 0.6 is 0 Å². The van der Waals surface area contributed by atoms with E-state index >= 15 is 0 Å². The Bertz CT molecular complexity index is 411. The fourth-order valence-electron chi connectivity index (χ4n) is 2.83. The molecule has 20 heavy (non-hydrogen) atoms. The Labute approximate surface area is 123 Å². The minimum absolute atomic E-state index is 0.795. The Balaban J connectivity index is 1.48. The number of nitrogens with zero attached hydrogens (tertiary/aromatic N) is 2. The molecule has 0 atom stereocenters. The molecule has 1 aromatic carbocycles. The fourth-order valence-corrected chi connectivity index (χ4v) is 2.83. The maximum absolute atomic E-state index is 3.57. The van der Waals surface area contributed by atoms with Gasteiger partial charge in [0.2, 0.25) is 0 Å². The predicted molar refractivity (Wildman–Crippen MR) is 83.7 cm³/mol. The van der Waals surface area contributed by atoms with Crippen LogP contribution in [0.1, 0.15) is 30.4 Å². The first-order valence-corrected chi connectivity index (χ1v) is 8.02. The van der Waals surface area contributed by atoms with Crippen molar-refractivity contribution in [2.45, 2.75) is 38.4 Å². The first-order chi connectivity index (χ1) is 9.79. The van der Waals surface area contributed by atoms with Crippen LogP contribution < -0.4 is 5.32 Å². The lowest BCUT2D eigenvalue weighted by Crippen LogP contribution is -2.28. The summed E-state index contributed by atoms with van der Waals surface area (Å²) in [4.78, 5) is 5.02. The van der Waals surface area contributed by atoms with Gasteiger partial charge in [-0.15, -0.1) is 0 Å². The van der Waals surface area contributed by atoms with E-state index in [1.807, 2.05) is 0 Å². The van der Waals surface area contributed by atoms with Crippen LogP contribution in [0.2, 0.25) is 0 Å². The third-order valence-corrected chi connectivity index (χ3v) is 4.41. The summed E-state index contributed by atoms with van der Waals surface area (Å²) < 4.78 is 0. The first kappa shape index (κ1) is 14.1. The lowest BCUT2D eigenvalue weighted by Gasteiger charge is -2.20. The first-order valence-electron chi connectivity index (χ1n) is 8.02. The van der Waals surface area contributed by atoms with Gasteiger partial charge >= 0.3 is 0 Å². The van der Waals surface area contributed by atoms with E-state index in [4.69, 9.17) is 0 Å². The highest BCUT2D eigenvalue weighted by atomic mass is 15.2. The van der Waals surface area contributed by atoms with Crippen molar-refractivity contribution >= 4 is 0 Å². The molecule has 0 aromatic heterocycles. The van der Waals surface area contributed by atoms with E-state index in [0.29, 0.717) is 0 Å². The van der Waals surface area contributed by atoms with Gasteiger partial charge in [0.25, 0.3) is 0 Å². The maximum atomic E-state index is 3.57.